The molecule has 9 heteroatoms. The number of rotatable bonds is 7. The van der Waals surface area contributed by atoms with Crippen LogP contribution in [0.5, 0.6) is 17.2 Å². The SMILES string of the molecule is CCCOc1ccc(N2C(=O)C[C@H](N(Cc3ccc4c(c3)OCO4)C(=S)NC)C2=O)cc1. The third-order valence-electron chi connectivity index (χ3n) is 5.33. The van der Waals surface area contributed by atoms with Gasteiger partial charge in [0, 0.05) is 13.6 Å². The van der Waals surface area contributed by atoms with E-state index in [1.807, 2.05) is 25.1 Å². The lowest BCUT2D eigenvalue weighted by atomic mass is 10.1. The molecule has 1 fully saturated rings. The van der Waals surface area contributed by atoms with Gasteiger partial charge in [0.15, 0.2) is 16.6 Å². The predicted octanol–water partition coefficient (Wildman–Crippen LogP) is 2.84. The number of hydrogen-bond acceptors (Lipinski definition) is 6. The fraction of sp³-hybridized carbons (Fsp3) is 0.348. The number of benzene rings is 2. The standard InChI is InChI=1S/C23H25N3O5S/c1-3-10-29-17-7-5-16(6-8-17)26-21(27)12-18(22(26)28)25(23(32)24-2)13-15-4-9-19-20(11-15)31-14-30-19/h4-9,11,18H,3,10,12-14H2,1-2H3,(H,24,32)/t18-/m0/s1. The maximum atomic E-state index is 13.3. The Bertz CT molecular complexity index is 1030. The third kappa shape index (κ3) is 4.34. The number of amides is 2. The van der Waals surface area contributed by atoms with Gasteiger partial charge in [-0.3, -0.25) is 9.59 Å². The first kappa shape index (κ1) is 21.9. The number of thiocarbonyl (C=S) groups is 1. The molecule has 0 aliphatic carbocycles. The molecule has 2 aromatic carbocycles. The Morgan fingerprint density at radius 3 is 2.66 bits per heavy atom. The Labute approximate surface area is 192 Å². The second kappa shape index (κ2) is 9.44. The van der Waals surface area contributed by atoms with Crippen molar-refractivity contribution < 1.29 is 23.8 Å². The largest absolute Gasteiger partial charge is 0.494 e. The van der Waals surface area contributed by atoms with Crippen molar-refractivity contribution in [2.24, 2.45) is 0 Å². The first-order valence-electron chi connectivity index (χ1n) is 10.5. The fourth-order valence-electron chi connectivity index (χ4n) is 3.75. The molecule has 1 saturated heterocycles. The first-order chi connectivity index (χ1) is 15.5. The van der Waals surface area contributed by atoms with Crippen LogP contribution >= 0.6 is 12.2 Å². The van der Waals surface area contributed by atoms with Crippen LogP contribution in [0.25, 0.3) is 0 Å². The Hall–Kier alpha value is -3.33. The highest BCUT2D eigenvalue weighted by Gasteiger charge is 2.43. The van der Waals surface area contributed by atoms with Crippen LogP contribution in [0.15, 0.2) is 42.5 Å². The molecule has 2 heterocycles. The quantitative estimate of drug-likeness (QED) is 0.504. The molecule has 2 aliphatic heterocycles. The maximum Gasteiger partial charge on any atom is 0.257 e. The lowest BCUT2D eigenvalue weighted by molar-refractivity contribution is -0.122. The van der Waals surface area contributed by atoms with Crippen molar-refractivity contribution in [2.45, 2.75) is 32.4 Å². The molecular weight excluding hydrogens is 430 g/mol. The van der Waals surface area contributed by atoms with Crippen molar-refractivity contribution in [2.75, 3.05) is 25.3 Å². The van der Waals surface area contributed by atoms with Gasteiger partial charge in [0.05, 0.1) is 18.7 Å². The average Bonchev–Trinajstić information content (AvgIpc) is 3.39. The third-order valence-corrected chi connectivity index (χ3v) is 5.77. The van der Waals surface area contributed by atoms with Crippen molar-refractivity contribution in [1.82, 2.24) is 10.2 Å². The molecule has 2 aliphatic rings. The van der Waals surface area contributed by atoms with Gasteiger partial charge in [0.2, 0.25) is 12.7 Å². The summed E-state index contributed by atoms with van der Waals surface area (Å²) in [6.45, 7) is 3.17. The van der Waals surface area contributed by atoms with Gasteiger partial charge < -0.3 is 24.4 Å². The van der Waals surface area contributed by atoms with Gasteiger partial charge in [0.1, 0.15) is 11.8 Å². The van der Waals surface area contributed by atoms with Gasteiger partial charge in [-0.25, -0.2) is 4.90 Å². The van der Waals surface area contributed by atoms with Crippen molar-refractivity contribution in [3.05, 3.63) is 48.0 Å². The lowest BCUT2D eigenvalue weighted by Crippen LogP contribution is -2.48. The molecule has 1 atom stereocenters. The molecule has 0 radical (unpaired) electrons. The van der Waals surface area contributed by atoms with E-state index in [9.17, 15) is 9.59 Å². The lowest BCUT2D eigenvalue weighted by Gasteiger charge is -2.29. The first-order valence-corrected chi connectivity index (χ1v) is 10.9. The number of carbonyl (C=O) groups excluding carboxylic acids is 2. The summed E-state index contributed by atoms with van der Waals surface area (Å²) in [5.41, 5.74) is 1.41. The Balaban J connectivity index is 1.54. The molecule has 0 aromatic heterocycles. The molecule has 4 rings (SSSR count). The molecule has 0 spiro atoms. The van der Waals surface area contributed by atoms with Crippen LogP contribution in [0.2, 0.25) is 0 Å². The van der Waals surface area contributed by atoms with Crippen molar-refractivity contribution in [1.29, 1.82) is 0 Å². The van der Waals surface area contributed by atoms with Crippen molar-refractivity contribution in [3.8, 4) is 17.2 Å². The van der Waals surface area contributed by atoms with Gasteiger partial charge in [-0.15, -0.1) is 0 Å². The van der Waals surface area contributed by atoms with Gasteiger partial charge in [-0.1, -0.05) is 13.0 Å². The molecule has 1 N–H and O–H groups in total. The zero-order chi connectivity index (χ0) is 22.7. The van der Waals surface area contributed by atoms with Crippen LogP contribution in [-0.2, 0) is 16.1 Å². The number of imide groups is 1. The summed E-state index contributed by atoms with van der Waals surface area (Å²) in [5, 5.41) is 3.32. The molecule has 0 unspecified atom stereocenters. The molecule has 2 aromatic rings. The highest BCUT2D eigenvalue weighted by molar-refractivity contribution is 7.80. The van der Waals surface area contributed by atoms with E-state index in [1.54, 1.807) is 36.2 Å². The van der Waals surface area contributed by atoms with Gasteiger partial charge in [0.25, 0.3) is 5.91 Å². The van der Waals surface area contributed by atoms with E-state index in [2.05, 4.69) is 5.32 Å². The van der Waals surface area contributed by atoms with Crippen LogP contribution in [0, 0.1) is 0 Å². The number of hydrogen-bond donors (Lipinski definition) is 1. The predicted molar refractivity (Wildman–Crippen MR) is 123 cm³/mol. The van der Waals surface area contributed by atoms with E-state index in [1.165, 1.54) is 4.90 Å². The summed E-state index contributed by atoms with van der Waals surface area (Å²) in [7, 11) is 1.70. The number of fused-ring (bicyclic) bond motifs is 1. The summed E-state index contributed by atoms with van der Waals surface area (Å²) in [4.78, 5) is 29.1. The number of nitrogens with one attached hydrogen (secondary N) is 1. The van der Waals surface area contributed by atoms with Crippen LogP contribution < -0.4 is 24.4 Å². The van der Waals surface area contributed by atoms with E-state index in [0.717, 1.165) is 12.0 Å². The molecule has 0 saturated carbocycles. The van der Waals surface area contributed by atoms with Crippen LogP contribution in [-0.4, -0.2) is 48.3 Å². The number of anilines is 1. The van der Waals surface area contributed by atoms with E-state index < -0.39 is 6.04 Å². The summed E-state index contributed by atoms with van der Waals surface area (Å²) < 4.78 is 16.4. The number of carbonyl (C=O) groups is 2. The van der Waals surface area contributed by atoms with Crippen LogP contribution in [0.1, 0.15) is 25.3 Å². The summed E-state index contributed by atoms with van der Waals surface area (Å²) >= 11 is 5.48. The summed E-state index contributed by atoms with van der Waals surface area (Å²) in [6.07, 6.45) is 0.941. The molecule has 168 valence electrons. The topological polar surface area (TPSA) is 80.3 Å². The van der Waals surface area contributed by atoms with Crippen LogP contribution in [0.3, 0.4) is 0 Å². The number of ether oxygens (including phenoxy) is 3. The summed E-state index contributed by atoms with van der Waals surface area (Å²) in [5.74, 6) is 1.46. The number of nitrogens with zero attached hydrogens (tertiary/aromatic N) is 2. The maximum absolute atomic E-state index is 13.3. The monoisotopic (exact) mass is 455 g/mol. The van der Waals surface area contributed by atoms with Gasteiger partial charge in [-0.05, 0) is 60.6 Å². The van der Waals surface area contributed by atoms with Gasteiger partial charge in [-0.2, -0.15) is 0 Å². The van der Waals surface area contributed by atoms with Crippen molar-refractivity contribution in [3.63, 3.8) is 0 Å². The van der Waals surface area contributed by atoms with Crippen LogP contribution in [0.4, 0.5) is 5.69 Å². The highest BCUT2D eigenvalue weighted by Crippen LogP contribution is 2.34. The minimum Gasteiger partial charge on any atom is -0.494 e. The Kier molecular flexibility index (Phi) is 6.45. The Morgan fingerprint density at radius 1 is 1.19 bits per heavy atom. The highest BCUT2D eigenvalue weighted by atomic mass is 32.1. The smallest absolute Gasteiger partial charge is 0.257 e. The summed E-state index contributed by atoms with van der Waals surface area (Å²) in [6, 6.07) is 11.9. The normalized spacial score (nSPS) is 16.9. The second-order valence-corrected chi connectivity index (χ2v) is 7.89. The second-order valence-electron chi connectivity index (χ2n) is 7.50. The van der Waals surface area contributed by atoms with E-state index in [0.29, 0.717) is 41.2 Å². The minimum atomic E-state index is -0.705. The van der Waals surface area contributed by atoms with Gasteiger partial charge >= 0.3 is 0 Å². The van der Waals surface area contributed by atoms with E-state index >= 15 is 0 Å². The van der Waals surface area contributed by atoms with E-state index in [-0.39, 0.29) is 25.0 Å². The molecule has 2 amide bonds. The molecule has 8 nitrogen and oxygen atoms in total. The average molecular weight is 456 g/mol. The van der Waals surface area contributed by atoms with E-state index in [4.69, 9.17) is 26.4 Å². The minimum absolute atomic E-state index is 0.0410. The molecule has 32 heavy (non-hydrogen) atoms. The van der Waals surface area contributed by atoms with Crippen molar-refractivity contribution >= 4 is 34.8 Å². The zero-order valence-electron chi connectivity index (χ0n) is 18.0. The fourth-order valence-corrected chi connectivity index (χ4v) is 3.94. The molecule has 0 bridgehead atoms. The Morgan fingerprint density at radius 2 is 1.94 bits per heavy atom. The zero-order valence-corrected chi connectivity index (χ0v) is 18.8. The molecular formula is C23H25N3O5S.